The van der Waals surface area contributed by atoms with Crippen molar-refractivity contribution in [1.82, 2.24) is 9.88 Å². The molecule has 0 spiro atoms. The predicted molar refractivity (Wildman–Crippen MR) is 117 cm³/mol. The quantitative estimate of drug-likeness (QED) is 0.582. The van der Waals surface area contributed by atoms with E-state index in [0.717, 1.165) is 22.0 Å². The predicted octanol–water partition coefficient (Wildman–Crippen LogP) is 4.37. The number of H-pyrrole nitrogens is 1. The van der Waals surface area contributed by atoms with Gasteiger partial charge in [0.05, 0.1) is 5.69 Å². The molecule has 1 aromatic heterocycles. The maximum atomic E-state index is 13.5. The van der Waals surface area contributed by atoms with Gasteiger partial charge in [0, 0.05) is 40.8 Å². The van der Waals surface area contributed by atoms with E-state index >= 15 is 0 Å². The third-order valence-electron chi connectivity index (χ3n) is 5.83. The first-order valence-electron chi connectivity index (χ1n) is 9.90. The second-order valence-corrected chi connectivity index (χ2v) is 8.29. The molecule has 0 saturated carbocycles. The van der Waals surface area contributed by atoms with Gasteiger partial charge in [-0.25, -0.2) is 4.39 Å². The van der Waals surface area contributed by atoms with Gasteiger partial charge < -0.3 is 19.9 Å². The lowest BCUT2D eigenvalue weighted by molar-refractivity contribution is -0.154. The van der Waals surface area contributed by atoms with Crippen LogP contribution < -0.4 is 10.1 Å². The van der Waals surface area contributed by atoms with Gasteiger partial charge >= 0.3 is 0 Å². The molecule has 0 fully saturated rings. The van der Waals surface area contributed by atoms with Crippen molar-refractivity contribution in [2.45, 2.75) is 18.9 Å². The SMILES string of the molecule is CC1(C(=O)N2CC=C(c3c[nH]c4cc(F)ccc34)CC2)Oc2ccc(Cl)cc2NC1=O. The normalized spacial score (nSPS) is 20.7. The Morgan fingerprint density at radius 2 is 2.10 bits per heavy atom. The lowest BCUT2D eigenvalue weighted by atomic mass is 9.96. The molecule has 0 aliphatic carbocycles. The fraction of sp³-hybridized carbons (Fsp3) is 0.217. The monoisotopic (exact) mass is 439 g/mol. The molecule has 2 aromatic carbocycles. The van der Waals surface area contributed by atoms with E-state index in [1.54, 1.807) is 29.2 Å². The zero-order chi connectivity index (χ0) is 21.8. The van der Waals surface area contributed by atoms with Crippen molar-refractivity contribution in [2.75, 3.05) is 18.4 Å². The van der Waals surface area contributed by atoms with Crippen LogP contribution in [0.1, 0.15) is 18.9 Å². The van der Waals surface area contributed by atoms with E-state index in [4.69, 9.17) is 16.3 Å². The summed E-state index contributed by atoms with van der Waals surface area (Å²) in [6, 6.07) is 9.51. The van der Waals surface area contributed by atoms with Gasteiger partial charge in [-0.2, -0.15) is 0 Å². The number of ether oxygens (including phenoxy) is 1. The molecule has 2 aliphatic rings. The Labute approximate surface area is 182 Å². The number of nitrogens with zero attached hydrogens (tertiary/aromatic N) is 1. The minimum absolute atomic E-state index is 0.293. The summed E-state index contributed by atoms with van der Waals surface area (Å²) in [4.78, 5) is 30.7. The number of hydrogen-bond acceptors (Lipinski definition) is 3. The van der Waals surface area contributed by atoms with Crippen LogP contribution in [0.2, 0.25) is 5.02 Å². The van der Waals surface area contributed by atoms with Crippen LogP contribution in [0.5, 0.6) is 5.75 Å². The molecule has 5 rings (SSSR count). The van der Waals surface area contributed by atoms with Crippen molar-refractivity contribution in [3.8, 4) is 5.75 Å². The number of amides is 2. The van der Waals surface area contributed by atoms with Crippen LogP contribution in [-0.2, 0) is 9.59 Å². The molecular formula is C23H19ClFN3O3. The van der Waals surface area contributed by atoms with Crippen molar-refractivity contribution in [2.24, 2.45) is 0 Å². The van der Waals surface area contributed by atoms with Crippen LogP contribution in [0.3, 0.4) is 0 Å². The third kappa shape index (κ3) is 3.25. The topological polar surface area (TPSA) is 74.4 Å². The van der Waals surface area contributed by atoms with Gasteiger partial charge in [-0.15, -0.1) is 0 Å². The van der Waals surface area contributed by atoms with Crippen LogP contribution in [0.15, 0.2) is 48.7 Å². The van der Waals surface area contributed by atoms with Crippen molar-refractivity contribution in [3.05, 3.63) is 65.1 Å². The highest BCUT2D eigenvalue weighted by Crippen LogP contribution is 2.37. The number of aromatic nitrogens is 1. The summed E-state index contributed by atoms with van der Waals surface area (Å²) in [6.45, 7) is 2.27. The molecule has 2 amide bonds. The summed E-state index contributed by atoms with van der Waals surface area (Å²) >= 11 is 5.97. The number of nitrogens with one attached hydrogen (secondary N) is 2. The minimum Gasteiger partial charge on any atom is -0.466 e. The molecule has 6 nitrogen and oxygen atoms in total. The number of fused-ring (bicyclic) bond motifs is 2. The van der Waals surface area contributed by atoms with E-state index in [-0.39, 0.29) is 5.82 Å². The Morgan fingerprint density at radius 3 is 2.87 bits per heavy atom. The zero-order valence-electron chi connectivity index (χ0n) is 16.7. The molecule has 1 atom stereocenters. The van der Waals surface area contributed by atoms with Crippen LogP contribution in [-0.4, -0.2) is 40.4 Å². The summed E-state index contributed by atoms with van der Waals surface area (Å²) in [5.41, 5.74) is 1.57. The first-order chi connectivity index (χ1) is 14.8. The molecule has 3 heterocycles. The molecule has 2 aliphatic heterocycles. The number of carbonyl (C=O) groups excluding carboxylic acids is 2. The smallest absolute Gasteiger partial charge is 0.278 e. The van der Waals surface area contributed by atoms with Crippen LogP contribution in [0.25, 0.3) is 16.5 Å². The molecule has 0 saturated heterocycles. The number of halogens is 2. The minimum atomic E-state index is -1.66. The van der Waals surface area contributed by atoms with Crippen LogP contribution >= 0.6 is 11.6 Å². The number of carbonyl (C=O) groups is 2. The first-order valence-corrected chi connectivity index (χ1v) is 10.3. The summed E-state index contributed by atoms with van der Waals surface area (Å²) in [7, 11) is 0. The van der Waals surface area contributed by atoms with E-state index in [0.29, 0.717) is 36.0 Å². The van der Waals surface area contributed by atoms with Crippen LogP contribution in [0, 0.1) is 5.82 Å². The van der Waals surface area contributed by atoms with Crippen LogP contribution in [0.4, 0.5) is 10.1 Å². The number of rotatable bonds is 2. The molecule has 3 aromatic rings. The van der Waals surface area contributed by atoms with Gasteiger partial charge in [0.1, 0.15) is 11.6 Å². The summed E-state index contributed by atoms with van der Waals surface area (Å²) in [6.07, 6.45) is 4.43. The lowest BCUT2D eigenvalue weighted by Crippen LogP contribution is -2.60. The second-order valence-electron chi connectivity index (χ2n) is 7.85. The van der Waals surface area contributed by atoms with Gasteiger partial charge in [0.25, 0.3) is 17.4 Å². The number of benzene rings is 2. The average molecular weight is 440 g/mol. The van der Waals surface area contributed by atoms with E-state index in [1.165, 1.54) is 19.1 Å². The highest BCUT2D eigenvalue weighted by molar-refractivity contribution is 6.31. The molecule has 2 N–H and O–H groups in total. The van der Waals surface area contributed by atoms with E-state index in [1.807, 2.05) is 12.3 Å². The maximum absolute atomic E-state index is 13.5. The van der Waals surface area contributed by atoms with Gasteiger partial charge in [0.15, 0.2) is 0 Å². The fourth-order valence-electron chi connectivity index (χ4n) is 4.10. The van der Waals surface area contributed by atoms with Gasteiger partial charge in [-0.3, -0.25) is 9.59 Å². The van der Waals surface area contributed by atoms with Gasteiger partial charge in [-0.1, -0.05) is 17.7 Å². The van der Waals surface area contributed by atoms with Gasteiger partial charge in [0.2, 0.25) is 0 Å². The Hall–Kier alpha value is -3.32. The summed E-state index contributed by atoms with van der Waals surface area (Å²) < 4.78 is 19.3. The molecule has 1 unspecified atom stereocenters. The second kappa shape index (κ2) is 7.13. The number of hydrogen-bond donors (Lipinski definition) is 2. The van der Waals surface area contributed by atoms with E-state index < -0.39 is 17.4 Å². The zero-order valence-corrected chi connectivity index (χ0v) is 17.4. The average Bonchev–Trinajstić information content (AvgIpc) is 3.17. The Kier molecular flexibility index (Phi) is 4.51. The lowest BCUT2D eigenvalue weighted by Gasteiger charge is -2.38. The number of aromatic amines is 1. The fourth-order valence-corrected chi connectivity index (χ4v) is 4.27. The van der Waals surface area contributed by atoms with E-state index in [2.05, 4.69) is 10.3 Å². The van der Waals surface area contributed by atoms with Crippen molar-refractivity contribution in [1.29, 1.82) is 0 Å². The Morgan fingerprint density at radius 1 is 1.26 bits per heavy atom. The third-order valence-corrected chi connectivity index (χ3v) is 6.07. The molecule has 0 radical (unpaired) electrons. The highest BCUT2D eigenvalue weighted by atomic mass is 35.5. The standard InChI is InChI=1S/C23H19ClFN3O3/c1-23(21(29)27-19-10-14(24)2-5-20(19)31-23)22(30)28-8-6-13(7-9-28)17-12-26-18-11-15(25)3-4-16(17)18/h2-6,10-12,26H,7-9H2,1H3,(H,27,29). The summed E-state index contributed by atoms with van der Waals surface area (Å²) in [5, 5.41) is 4.12. The number of anilines is 1. The first kappa shape index (κ1) is 19.6. The van der Waals surface area contributed by atoms with Crippen molar-refractivity contribution >= 4 is 45.6 Å². The summed E-state index contributed by atoms with van der Waals surface area (Å²) in [5.74, 6) is -0.820. The van der Waals surface area contributed by atoms with Gasteiger partial charge in [-0.05, 0) is 55.3 Å². The van der Waals surface area contributed by atoms with Crippen molar-refractivity contribution < 1.29 is 18.7 Å². The van der Waals surface area contributed by atoms with Crippen molar-refractivity contribution in [3.63, 3.8) is 0 Å². The molecule has 158 valence electrons. The molecule has 8 heteroatoms. The maximum Gasteiger partial charge on any atom is 0.278 e. The Balaban J connectivity index is 1.37. The molecule has 0 bridgehead atoms. The molecule has 31 heavy (non-hydrogen) atoms. The molecular weight excluding hydrogens is 421 g/mol. The largest absolute Gasteiger partial charge is 0.466 e. The highest BCUT2D eigenvalue weighted by Gasteiger charge is 2.49. The Bertz CT molecular complexity index is 1270. The van der Waals surface area contributed by atoms with E-state index in [9.17, 15) is 14.0 Å².